The number of allylic oxidation sites excluding steroid dienone is 4. The number of hydrogen-bond acceptors (Lipinski definition) is 5. The molecular weight excluding hydrogens is 457 g/mol. The van der Waals surface area contributed by atoms with Crippen molar-refractivity contribution >= 4 is 52.0 Å². The van der Waals surface area contributed by atoms with Gasteiger partial charge in [-0.25, -0.2) is 9.97 Å². The van der Waals surface area contributed by atoms with Crippen molar-refractivity contribution in [3.63, 3.8) is 0 Å². The second-order valence-corrected chi connectivity index (χ2v) is 8.81. The first kappa shape index (κ1) is 21.6. The van der Waals surface area contributed by atoms with E-state index >= 15 is 0 Å². The van der Waals surface area contributed by atoms with Crippen LogP contribution in [0.3, 0.4) is 0 Å². The lowest BCUT2D eigenvalue weighted by atomic mass is 9.97. The number of anilines is 3. The first-order valence-electron chi connectivity index (χ1n) is 10.8. The van der Waals surface area contributed by atoms with Gasteiger partial charge in [0.1, 0.15) is 0 Å². The highest BCUT2D eigenvalue weighted by Crippen LogP contribution is 2.33. The number of carbonyl (C=O) groups is 1. The Labute approximate surface area is 202 Å². The summed E-state index contributed by atoms with van der Waals surface area (Å²) >= 11 is 12.9. The molecule has 1 aliphatic heterocycles. The molecule has 8 heteroatoms. The smallest absolute Gasteiger partial charge is 0.227 e. The van der Waals surface area contributed by atoms with Crippen LogP contribution in [0.5, 0.6) is 0 Å². The second-order valence-electron chi connectivity index (χ2n) is 7.96. The fraction of sp³-hybridized carbons (Fsp3) is 0.200. The molecule has 0 bridgehead atoms. The fourth-order valence-corrected chi connectivity index (χ4v) is 4.48. The zero-order chi connectivity index (χ0) is 22.8. The van der Waals surface area contributed by atoms with Gasteiger partial charge in [0.2, 0.25) is 11.9 Å². The average molecular weight is 478 g/mol. The minimum absolute atomic E-state index is 0.110. The quantitative estimate of drug-likeness (QED) is 0.457. The maximum atomic E-state index is 12.1. The van der Waals surface area contributed by atoms with Crippen molar-refractivity contribution in [1.29, 1.82) is 0 Å². The molecule has 33 heavy (non-hydrogen) atoms. The first-order valence-corrected chi connectivity index (χ1v) is 11.6. The number of halogens is 2. The van der Waals surface area contributed by atoms with E-state index < -0.39 is 0 Å². The van der Waals surface area contributed by atoms with Gasteiger partial charge < -0.3 is 10.2 Å². The van der Waals surface area contributed by atoms with Gasteiger partial charge in [-0.1, -0.05) is 41.4 Å². The number of nitrogens with one attached hydrogen (secondary N) is 1. The van der Waals surface area contributed by atoms with E-state index in [1.165, 1.54) is 0 Å². The van der Waals surface area contributed by atoms with Crippen LogP contribution in [0.2, 0.25) is 10.0 Å². The first-order chi connectivity index (χ1) is 16.1. The van der Waals surface area contributed by atoms with E-state index in [1.54, 1.807) is 23.5 Å². The molecule has 1 aliphatic carbocycles. The summed E-state index contributed by atoms with van der Waals surface area (Å²) in [5.74, 6) is 0.484. The Morgan fingerprint density at radius 2 is 1.88 bits per heavy atom. The van der Waals surface area contributed by atoms with Crippen LogP contribution in [0, 0.1) is 0 Å². The summed E-state index contributed by atoms with van der Waals surface area (Å²) in [7, 11) is 0. The van der Waals surface area contributed by atoms with E-state index in [9.17, 15) is 4.79 Å². The number of aromatic nitrogens is 3. The van der Waals surface area contributed by atoms with E-state index in [2.05, 4.69) is 38.5 Å². The Kier molecular flexibility index (Phi) is 6.11. The molecule has 2 aromatic heterocycles. The normalized spacial score (nSPS) is 15.6. The SMILES string of the molecule is O=C1CCCN1c1cncc(Nc2ncc(Cl)c(-c3cc(Cl)cc(C4=CCCC=C4)c3)n2)c1. The molecule has 3 aromatic rings. The third-order valence-electron chi connectivity index (χ3n) is 5.61. The molecule has 1 fully saturated rings. The molecule has 1 saturated heterocycles. The van der Waals surface area contributed by atoms with Crippen molar-refractivity contribution in [1.82, 2.24) is 15.0 Å². The van der Waals surface area contributed by atoms with Crippen molar-refractivity contribution < 1.29 is 4.79 Å². The van der Waals surface area contributed by atoms with Crippen LogP contribution < -0.4 is 10.2 Å². The lowest BCUT2D eigenvalue weighted by molar-refractivity contribution is -0.117. The summed E-state index contributed by atoms with van der Waals surface area (Å²) < 4.78 is 0. The van der Waals surface area contributed by atoms with Gasteiger partial charge in [0.05, 0.1) is 40.7 Å². The van der Waals surface area contributed by atoms with Crippen molar-refractivity contribution in [2.75, 3.05) is 16.8 Å². The molecule has 0 radical (unpaired) electrons. The number of hydrogen-bond donors (Lipinski definition) is 1. The zero-order valence-corrected chi connectivity index (χ0v) is 19.3. The summed E-state index contributed by atoms with van der Waals surface area (Å²) in [4.78, 5) is 27.0. The van der Waals surface area contributed by atoms with E-state index in [0.717, 1.165) is 41.6 Å². The monoisotopic (exact) mass is 477 g/mol. The molecule has 1 aromatic carbocycles. The van der Waals surface area contributed by atoms with Crippen LogP contribution in [-0.2, 0) is 4.79 Å². The number of amides is 1. The average Bonchev–Trinajstić information content (AvgIpc) is 3.26. The highest BCUT2D eigenvalue weighted by atomic mass is 35.5. The largest absolute Gasteiger partial charge is 0.323 e. The van der Waals surface area contributed by atoms with Crippen molar-refractivity contribution in [2.45, 2.75) is 25.7 Å². The van der Waals surface area contributed by atoms with Crippen molar-refractivity contribution in [3.8, 4) is 11.3 Å². The van der Waals surface area contributed by atoms with Crippen LogP contribution in [-0.4, -0.2) is 27.4 Å². The predicted octanol–water partition coefficient (Wildman–Crippen LogP) is 6.45. The molecule has 0 saturated carbocycles. The number of benzene rings is 1. The molecule has 5 rings (SSSR count). The molecule has 6 nitrogen and oxygen atoms in total. The predicted molar refractivity (Wildman–Crippen MR) is 133 cm³/mol. The van der Waals surface area contributed by atoms with Gasteiger partial charge in [0.15, 0.2) is 0 Å². The molecule has 0 spiro atoms. The summed E-state index contributed by atoms with van der Waals surface area (Å²) in [6.07, 6.45) is 14.9. The topological polar surface area (TPSA) is 71.0 Å². The van der Waals surface area contributed by atoms with Crippen LogP contribution in [0.25, 0.3) is 16.8 Å². The summed E-state index contributed by atoms with van der Waals surface area (Å²) in [6.45, 7) is 0.703. The number of carbonyl (C=O) groups excluding carboxylic acids is 1. The minimum atomic E-state index is 0.110. The highest BCUT2D eigenvalue weighted by molar-refractivity contribution is 6.33. The van der Waals surface area contributed by atoms with Gasteiger partial charge >= 0.3 is 0 Å². The molecule has 1 amide bonds. The Hall–Kier alpha value is -3.22. The Morgan fingerprint density at radius 3 is 2.67 bits per heavy atom. The Morgan fingerprint density at radius 1 is 1.00 bits per heavy atom. The molecule has 1 N–H and O–H groups in total. The summed E-state index contributed by atoms with van der Waals surface area (Å²) in [5, 5.41) is 4.21. The molecule has 2 aliphatic rings. The summed E-state index contributed by atoms with van der Waals surface area (Å²) in [6, 6.07) is 7.69. The van der Waals surface area contributed by atoms with Crippen molar-refractivity contribution in [2.24, 2.45) is 0 Å². The third kappa shape index (κ3) is 4.77. The van der Waals surface area contributed by atoms with Crippen LogP contribution in [0.4, 0.5) is 17.3 Å². The zero-order valence-electron chi connectivity index (χ0n) is 17.8. The van der Waals surface area contributed by atoms with Crippen molar-refractivity contribution in [3.05, 3.63) is 76.7 Å². The Balaban J connectivity index is 1.45. The maximum absolute atomic E-state index is 12.1. The molecular formula is C25H21Cl2N5O. The van der Waals surface area contributed by atoms with Gasteiger partial charge in [-0.3, -0.25) is 9.78 Å². The molecule has 0 atom stereocenters. The second kappa shape index (κ2) is 9.33. The molecule has 3 heterocycles. The van der Waals surface area contributed by atoms with Crippen LogP contribution in [0.1, 0.15) is 31.2 Å². The van der Waals surface area contributed by atoms with E-state index in [4.69, 9.17) is 23.2 Å². The van der Waals surface area contributed by atoms with E-state index in [1.807, 2.05) is 24.3 Å². The molecule has 0 unspecified atom stereocenters. The van der Waals surface area contributed by atoms with Crippen LogP contribution in [0.15, 0.2) is 61.1 Å². The number of pyridine rings is 1. The number of nitrogens with zero attached hydrogens (tertiary/aromatic N) is 4. The van der Waals surface area contributed by atoms with Gasteiger partial charge in [-0.05, 0) is 54.7 Å². The minimum Gasteiger partial charge on any atom is -0.323 e. The lowest BCUT2D eigenvalue weighted by Gasteiger charge is -2.16. The standard InChI is InChI=1S/C25H21Cl2N5O/c26-19-10-17(16-5-2-1-3-6-16)9-18(11-19)24-22(27)15-29-25(31-24)30-20-12-21(14-28-13-20)32-8-4-7-23(32)33/h2,5-6,9-15H,1,3-4,7-8H2,(H,29,30,31). The molecule has 166 valence electrons. The van der Waals surface area contributed by atoms with Gasteiger partial charge in [-0.2, -0.15) is 0 Å². The third-order valence-corrected chi connectivity index (χ3v) is 6.10. The fourth-order valence-electron chi connectivity index (χ4n) is 4.04. The van der Waals surface area contributed by atoms with E-state index in [0.29, 0.717) is 40.3 Å². The van der Waals surface area contributed by atoms with Gasteiger partial charge in [-0.15, -0.1) is 0 Å². The van der Waals surface area contributed by atoms with E-state index in [-0.39, 0.29) is 5.91 Å². The summed E-state index contributed by atoms with van der Waals surface area (Å²) in [5.41, 5.74) is 4.98. The lowest BCUT2D eigenvalue weighted by Crippen LogP contribution is -2.23. The number of rotatable bonds is 5. The highest BCUT2D eigenvalue weighted by Gasteiger charge is 2.22. The van der Waals surface area contributed by atoms with Gasteiger partial charge in [0.25, 0.3) is 0 Å². The Bertz CT molecular complexity index is 1290. The maximum Gasteiger partial charge on any atom is 0.227 e. The van der Waals surface area contributed by atoms with Gasteiger partial charge in [0, 0.05) is 23.6 Å². The van der Waals surface area contributed by atoms with Crippen LogP contribution >= 0.6 is 23.2 Å².